The van der Waals surface area contributed by atoms with Crippen LogP contribution < -0.4 is 69.2 Å². The SMILES string of the molecule is C=CCNCc1ccc2c(C(=O)OCC)c(NC(C)=O)sc2c1Cl.CC.CCOC(=O)c1c(N)sc2c(OCc3ccccc3)c(Br)ccc12.CCOC(=O)c1c(NC(C)=O)sc2c(Cl)c(CNCCO)ccc12.CCOC(=O)c1c(NC(C)=O)sc2c(OCCN(CC)CC)c(Br)ccc12.COC(=O)c1c(NC(C)=O)sc2c(Cl)c(CNCCCCO)ccc12.Nc1oc(=O)nc2sc3c(Cl)c(CNCCO)ccc3c12. The first-order valence-corrected chi connectivity index (χ1v) is 54.6. The van der Waals surface area contributed by atoms with E-state index in [9.17, 15) is 47.9 Å². The lowest BCUT2D eigenvalue weighted by molar-refractivity contribution is -0.115. The zero-order valence-corrected chi connectivity index (χ0v) is 94.2. The van der Waals surface area contributed by atoms with Gasteiger partial charge in [-0.2, -0.15) is 4.98 Å². The number of carbonyl (C=O) groups is 9. The van der Waals surface area contributed by atoms with Gasteiger partial charge in [0.25, 0.3) is 0 Å². The van der Waals surface area contributed by atoms with Crippen LogP contribution in [0.25, 0.3) is 70.7 Å². The van der Waals surface area contributed by atoms with E-state index in [-0.39, 0.29) is 69.2 Å². The van der Waals surface area contributed by atoms with Crippen molar-refractivity contribution in [2.45, 2.75) is 129 Å². The number of unbranched alkanes of at least 4 members (excludes halogenated alkanes) is 1. The smallest absolute Gasteiger partial charge is 0.441 e. The number of halogens is 6. The quantitative estimate of drug-likeness (QED) is 0.00734. The fraction of sp³-hybridized carbons (Fsp3) is 0.343. The minimum absolute atomic E-state index is 0.0402. The number of hydrogen-bond donors (Lipinski definition) is 13. The Morgan fingerprint density at radius 2 is 0.816 bits per heavy atom. The summed E-state index contributed by atoms with van der Waals surface area (Å²) in [4.78, 5) is 125. The number of fused-ring (bicyclic) bond motifs is 8. The number of anilines is 6. The molecular weight excluding hydrogens is 2220 g/mol. The molecule has 0 radical (unpaired) electrons. The molecule has 15 N–H and O–H groups in total. The molecule has 0 spiro atoms. The summed E-state index contributed by atoms with van der Waals surface area (Å²) in [7, 11) is 1.30. The number of nitrogens with two attached hydrogens (primary N) is 2. The lowest BCUT2D eigenvalue weighted by atomic mass is 10.1. The number of thiophene rings is 6. The maximum absolute atomic E-state index is 12.5. The molecule has 33 nitrogen and oxygen atoms in total. The molecule has 14 rings (SSSR count). The molecule has 14 aromatic rings. The van der Waals surface area contributed by atoms with Gasteiger partial charge in [0.05, 0.1) is 109 Å². The van der Waals surface area contributed by atoms with Crippen molar-refractivity contribution in [1.29, 1.82) is 0 Å². The summed E-state index contributed by atoms with van der Waals surface area (Å²) in [5.41, 5.74) is 18.2. The minimum Gasteiger partial charge on any atom is -0.490 e. The Labute approximate surface area is 910 Å². The molecule has 147 heavy (non-hydrogen) atoms. The van der Waals surface area contributed by atoms with Gasteiger partial charge in [-0.25, -0.2) is 28.8 Å². The number of methoxy groups -OCH3 is 1. The summed E-state index contributed by atoms with van der Waals surface area (Å²) >= 11 is 40.7. The summed E-state index contributed by atoms with van der Waals surface area (Å²) in [5.74, 6) is -2.67. The molecule has 0 bridgehead atoms. The lowest BCUT2D eigenvalue weighted by Gasteiger charge is -2.18. The minimum atomic E-state index is -0.715. The Kier molecular flexibility index (Phi) is 50.9. The van der Waals surface area contributed by atoms with Gasteiger partial charge < -0.3 is 112 Å². The number of aliphatic hydroxyl groups is 3. The molecule has 0 saturated carbocycles. The second kappa shape index (κ2) is 61.5. The topological polar surface area (TPSA) is 474 Å². The van der Waals surface area contributed by atoms with Crippen molar-refractivity contribution < 1.29 is 96.0 Å². The molecule has 790 valence electrons. The summed E-state index contributed by atoms with van der Waals surface area (Å²) in [5, 5.41) is 59.1. The number of benzene rings is 7. The molecule has 0 aliphatic carbocycles. The highest BCUT2D eigenvalue weighted by Gasteiger charge is 2.31. The number of likely N-dealkylation sites (N-methyl/N-ethyl adjacent to an activating group) is 1. The Balaban J connectivity index is 0.000000215. The number of nitrogens with one attached hydrogen (secondary N) is 8. The van der Waals surface area contributed by atoms with Crippen LogP contribution in [0.4, 0.5) is 30.9 Å². The van der Waals surface area contributed by atoms with Gasteiger partial charge >= 0.3 is 35.6 Å². The van der Waals surface area contributed by atoms with Gasteiger partial charge in [0.15, 0.2) is 11.5 Å². The number of rotatable bonds is 40. The molecule has 7 aromatic carbocycles. The summed E-state index contributed by atoms with van der Waals surface area (Å²) < 4.78 is 48.5. The Hall–Kier alpha value is -10.6. The van der Waals surface area contributed by atoms with Gasteiger partial charge in [0.1, 0.15) is 70.9 Å². The van der Waals surface area contributed by atoms with Crippen molar-refractivity contribution in [3.05, 3.63) is 211 Å². The van der Waals surface area contributed by atoms with E-state index in [0.717, 1.165) is 110 Å². The normalized spacial score (nSPS) is 10.8. The average molecular weight is 2340 g/mol. The highest BCUT2D eigenvalue weighted by Crippen LogP contribution is 2.49. The molecule has 0 aliphatic rings. The van der Waals surface area contributed by atoms with Crippen LogP contribution in [0, 0.1) is 0 Å². The van der Waals surface area contributed by atoms with E-state index in [2.05, 4.69) is 105 Å². The van der Waals surface area contributed by atoms with Gasteiger partial charge in [-0.1, -0.05) is 171 Å². The zero-order chi connectivity index (χ0) is 108. The van der Waals surface area contributed by atoms with Crippen molar-refractivity contribution in [1.82, 2.24) is 31.2 Å². The number of amides is 4. The molecule has 0 atom stereocenters. The van der Waals surface area contributed by atoms with Crippen LogP contribution in [0.5, 0.6) is 11.5 Å². The highest BCUT2D eigenvalue weighted by atomic mass is 79.9. The van der Waals surface area contributed by atoms with Crippen LogP contribution in [0.1, 0.15) is 176 Å². The molecule has 0 fully saturated rings. The fourth-order valence-electron chi connectivity index (χ4n) is 14.3. The average Bonchev–Trinajstić information content (AvgIpc) is 1.63. The number of aromatic nitrogens is 1. The fourth-order valence-corrected chi connectivity index (χ4v) is 23.8. The van der Waals surface area contributed by atoms with Crippen LogP contribution in [-0.4, -0.2) is 184 Å². The van der Waals surface area contributed by atoms with E-state index in [4.69, 9.17) is 111 Å². The largest absolute Gasteiger partial charge is 0.490 e. The van der Waals surface area contributed by atoms with Crippen LogP contribution in [0.15, 0.2) is 134 Å². The second-order valence-corrected chi connectivity index (χ2v) is 40.3. The van der Waals surface area contributed by atoms with Gasteiger partial charge in [0.2, 0.25) is 29.5 Å². The number of nitrogen functional groups attached to an aromatic ring is 2. The first kappa shape index (κ1) is 122. The maximum atomic E-state index is 12.5. The van der Waals surface area contributed by atoms with E-state index in [1.54, 1.807) is 39.8 Å². The molecular formula is C102H118Br2Cl4N12O21S6. The van der Waals surface area contributed by atoms with Crippen molar-refractivity contribution in [2.24, 2.45) is 0 Å². The van der Waals surface area contributed by atoms with Crippen LogP contribution in [0.2, 0.25) is 20.1 Å². The van der Waals surface area contributed by atoms with E-state index in [0.29, 0.717) is 187 Å². The predicted octanol–water partition coefficient (Wildman–Crippen LogP) is 22.2. The number of nitrogens with zero attached hydrogens (tertiary/aromatic N) is 2. The van der Waals surface area contributed by atoms with Crippen molar-refractivity contribution in [2.75, 3.05) is 139 Å². The standard InChI is InChI=1S/C19H25BrN2O4S.C18H16BrNO3S.C17H21ClN2O4S.C17H19ClN2O3S.C16H19ClN2O4S.C13H12ClN3O3S.C2H6/c1-5-22(6-2)10-11-26-16-14(20)9-8-13-15(19(24)25-7-3)18(21-12(4)23)27-17(13)16;1-2-22-18(21)14-12-8-9-13(19)15(16(12)24-17(14)20)23-10-11-6-4-3-5-7-11;1-10(22)20-16-13(17(23)24-2)12-6-5-11(14(18)15(12)25-16)9-19-7-3-4-8-21;1-4-8-19-9-11-6-7-12-13(17(22)23-5-2)16(20-10(3)21)24-15(12)14(11)18;1-3-23-16(22)12-11-5-4-10(8-18-6-7-20)13(17)14(11)24-15(12)19-9(2)21;14-9-6(5-16-3-4-18)1-2-7-8-11(15)20-13(19)17-12(8)21-10(7)9;1-2/h8-9H,5-7,10-11H2,1-4H3,(H,21,23);3-9H,2,10,20H2,1H3;5-6,19,21H,3-4,7-9H2,1-2H3,(H,20,22);4,6-7,19H,1,5,8-9H2,2-3H3,(H,20,21);4-5,18,20H,3,6-8H2,1-2H3,(H,19,21);1-2,16,18H,3-5,15H2;1-2H3. The number of carbonyl (C=O) groups excluding carboxylic acids is 9. The molecule has 4 amide bonds. The number of aliphatic hydroxyl groups excluding tert-OH is 3. The third-order valence-corrected chi connectivity index (χ3v) is 30.9. The molecule has 7 aromatic heterocycles. The molecule has 45 heteroatoms. The van der Waals surface area contributed by atoms with Gasteiger partial charge in [-0.3, -0.25) is 19.2 Å². The van der Waals surface area contributed by atoms with E-state index in [1.807, 2.05) is 111 Å². The summed E-state index contributed by atoms with van der Waals surface area (Å²) in [6, 6.07) is 32.1. The van der Waals surface area contributed by atoms with Gasteiger partial charge in [0, 0.05) is 119 Å². The third kappa shape index (κ3) is 33.0. The Morgan fingerprint density at radius 3 is 1.21 bits per heavy atom. The Bertz CT molecular complexity index is 7010. The third-order valence-electron chi connectivity index (χ3n) is 20.8. The van der Waals surface area contributed by atoms with Crippen molar-refractivity contribution >= 4 is 301 Å². The van der Waals surface area contributed by atoms with Crippen molar-refractivity contribution in [3.8, 4) is 11.5 Å². The van der Waals surface area contributed by atoms with Crippen LogP contribution in [0.3, 0.4) is 0 Å². The zero-order valence-electron chi connectivity index (χ0n) is 83.1. The van der Waals surface area contributed by atoms with Gasteiger partial charge in [-0.15, -0.1) is 74.6 Å². The van der Waals surface area contributed by atoms with Crippen molar-refractivity contribution in [3.63, 3.8) is 0 Å². The molecule has 0 aliphatic heterocycles. The molecule has 0 unspecified atom stereocenters. The predicted molar refractivity (Wildman–Crippen MR) is 604 cm³/mol. The Morgan fingerprint density at radius 1 is 0.456 bits per heavy atom. The number of hydrogen-bond acceptors (Lipinski definition) is 35. The lowest BCUT2D eigenvalue weighted by Crippen LogP contribution is -2.27. The second-order valence-electron chi connectivity index (χ2n) is 30.9. The maximum Gasteiger partial charge on any atom is 0.441 e. The van der Waals surface area contributed by atoms with E-state index < -0.39 is 35.6 Å². The monoisotopic (exact) mass is 2340 g/mol. The van der Waals surface area contributed by atoms with Gasteiger partial charge in [-0.05, 0) is 132 Å². The van der Waals surface area contributed by atoms with Crippen LogP contribution in [-0.2, 0) is 75.6 Å². The number of ether oxygens (including phenoxy) is 7. The van der Waals surface area contributed by atoms with Crippen LogP contribution >= 0.6 is 146 Å². The highest BCUT2D eigenvalue weighted by molar-refractivity contribution is 9.11. The molecule has 0 saturated heterocycles. The van der Waals surface area contributed by atoms with E-state index in [1.165, 1.54) is 103 Å². The number of esters is 5. The first-order valence-electron chi connectivity index (χ1n) is 46.6. The summed E-state index contributed by atoms with van der Waals surface area (Å²) in [6.07, 6.45) is 3.41. The summed E-state index contributed by atoms with van der Waals surface area (Å²) in [6.45, 7) is 34.1. The van der Waals surface area contributed by atoms with E-state index >= 15 is 0 Å². The first-order chi connectivity index (χ1) is 70.6. The molecule has 7 heterocycles.